The SMILES string of the molecule is CCCC.CCn1c(=O)n(CCCCO[P+](=O)O)c(=O)c2c1ncn2C(C)OC. The van der Waals surface area contributed by atoms with Crippen LogP contribution in [0.5, 0.6) is 0 Å². The Kier molecular flexibility index (Phi) is 11.0. The maximum Gasteiger partial charge on any atom is 0.694 e. The molecule has 164 valence electrons. The minimum absolute atomic E-state index is 0.0866. The van der Waals surface area contributed by atoms with E-state index in [2.05, 4.69) is 23.4 Å². The number of ether oxygens (including phenoxy) is 1. The van der Waals surface area contributed by atoms with Crippen molar-refractivity contribution >= 4 is 19.4 Å². The summed E-state index contributed by atoms with van der Waals surface area (Å²) in [6.07, 6.45) is 4.64. The third-order valence-electron chi connectivity index (χ3n) is 4.47. The summed E-state index contributed by atoms with van der Waals surface area (Å²) in [5.74, 6) is 0. The van der Waals surface area contributed by atoms with Gasteiger partial charge in [-0.15, -0.1) is 9.42 Å². The molecule has 0 fully saturated rings. The van der Waals surface area contributed by atoms with Crippen LogP contribution in [0.25, 0.3) is 11.2 Å². The molecule has 1 N–H and O–H groups in total. The average molecular weight is 431 g/mol. The van der Waals surface area contributed by atoms with Crippen molar-refractivity contribution < 1.29 is 18.7 Å². The van der Waals surface area contributed by atoms with Crippen molar-refractivity contribution in [1.29, 1.82) is 0 Å². The van der Waals surface area contributed by atoms with Gasteiger partial charge in [-0.25, -0.2) is 9.78 Å². The number of aromatic nitrogens is 4. The van der Waals surface area contributed by atoms with E-state index < -0.39 is 25.7 Å². The van der Waals surface area contributed by atoms with Crippen LogP contribution in [0.1, 0.15) is 59.6 Å². The Morgan fingerprint density at radius 2 is 1.83 bits per heavy atom. The van der Waals surface area contributed by atoms with Crippen LogP contribution in [0.3, 0.4) is 0 Å². The Morgan fingerprint density at radius 1 is 1.17 bits per heavy atom. The minimum atomic E-state index is -2.63. The fraction of sp³-hybridized carbons (Fsp3) is 0.722. The average Bonchev–Trinajstić information content (AvgIpc) is 3.14. The summed E-state index contributed by atoms with van der Waals surface area (Å²) < 4.78 is 24.5. The molecule has 10 nitrogen and oxygen atoms in total. The van der Waals surface area contributed by atoms with Gasteiger partial charge in [-0.2, -0.15) is 0 Å². The van der Waals surface area contributed by atoms with Crippen LogP contribution < -0.4 is 11.2 Å². The van der Waals surface area contributed by atoms with E-state index in [9.17, 15) is 14.2 Å². The lowest BCUT2D eigenvalue weighted by atomic mass is 10.3. The molecule has 2 heterocycles. The van der Waals surface area contributed by atoms with Crippen molar-refractivity contribution in [3.8, 4) is 0 Å². The zero-order valence-corrected chi connectivity index (χ0v) is 18.7. The highest BCUT2D eigenvalue weighted by atomic mass is 31.1. The normalized spacial score (nSPS) is 12.6. The summed E-state index contributed by atoms with van der Waals surface area (Å²) >= 11 is 0. The molecule has 0 aliphatic rings. The summed E-state index contributed by atoms with van der Waals surface area (Å²) in [6, 6.07) is 0. The molecule has 29 heavy (non-hydrogen) atoms. The van der Waals surface area contributed by atoms with Crippen molar-refractivity contribution in [3.63, 3.8) is 0 Å². The first-order valence-electron chi connectivity index (χ1n) is 9.85. The second kappa shape index (κ2) is 12.6. The van der Waals surface area contributed by atoms with E-state index in [0.29, 0.717) is 30.6 Å². The lowest BCUT2D eigenvalue weighted by Gasteiger charge is -2.14. The molecule has 2 unspecified atom stereocenters. The summed E-state index contributed by atoms with van der Waals surface area (Å²) in [5.41, 5.74) is -0.214. The van der Waals surface area contributed by atoms with Crippen LogP contribution in [0.2, 0.25) is 0 Å². The first kappa shape index (κ1) is 25.2. The molecule has 2 atom stereocenters. The number of fused-ring (bicyclic) bond motifs is 1. The Bertz CT molecular complexity index is 902. The maximum atomic E-state index is 12.8. The van der Waals surface area contributed by atoms with Gasteiger partial charge in [0.25, 0.3) is 5.56 Å². The molecule has 2 aromatic heterocycles. The highest BCUT2D eigenvalue weighted by molar-refractivity contribution is 7.32. The van der Waals surface area contributed by atoms with E-state index in [1.54, 1.807) is 18.4 Å². The van der Waals surface area contributed by atoms with Crippen molar-refractivity contribution in [2.24, 2.45) is 0 Å². The van der Waals surface area contributed by atoms with Gasteiger partial charge in [-0.05, 0) is 26.7 Å². The van der Waals surface area contributed by atoms with Gasteiger partial charge >= 0.3 is 13.9 Å². The zero-order valence-electron chi connectivity index (χ0n) is 17.8. The van der Waals surface area contributed by atoms with Crippen molar-refractivity contribution in [2.75, 3.05) is 13.7 Å². The second-order valence-electron chi connectivity index (χ2n) is 6.42. The first-order valence-corrected chi connectivity index (χ1v) is 11.0. The standard InChI is InChI=1S/C14H21N4O6P.C4H10/c1-4-16-12-11(18(9-15-12)10(2)23-3)13(19)17(14(16)20)7-5-6-8-24-25(21)22;1-3-4-2/h9-10H,4-8H2,1-3H3;3-4H2,1-2H3/p+1. The lowest BCUT2D eigenvalue weighted by molar-refractivity contribution is 0.0635. The smallest absolute Gasteiger partial charge is 0.362 e. The molecule has 0 aromatic carbocycles. The maximum absolute atomic E-state index is 12.8. The van der Waals surface area contributed by atoms with Crippen LogP contribution >= 0.6 is 8.25 Å². The Balaban J connectivity index is 0.000000960. The molecule has 0 bridgehead atoms. The van der Waals surface area contributed by atoms with Gasteiger partial charge in [0.1, 0.15) is 12.8 Å². The third kappa shape index (κ3) is 6.57. The van der Waals surface area contributed by atoms with Crippen LogP contribution in [-0.2, 0) is 26.9 Å². The van der Waals surface area contributed by atoms with E-state index in [4.69, 9.17) is 9.63 Å². The van der Waals surface area contributed by atoms with Crippen molar-refractivity contribution in [3.05, 3.63) is 27.2 Å². The molecule has 0 aliphatic carbocycles. The summed E-state index contributed by atoms with van der Waals surface area (Å²) in [5, 5.41) is 0. The van der Waals surface area contributed by atoms with Gasteiger partial charge in [0.2, 0.25) is 0 Å². The van der Waals surface area contributed by atoms with Crippen molar-refractivity contribution in [2.45, 2.75) is 72.7 Å². The lowest BCUT2D eigenvalue weighted by Crippen LogP contribution is -2.40. The summed E-state index contributed by atoms with van der Waals surface area (Å²) in [6.45, 7) is 8.59. The van der Waals surface area contributed by atoms with Crippen LogP contribution in [-0.4, -0.2) is 37.3 Å². The number of unbranched alkanes of at least 4 members (excludes halogenated alkanes) is 2. The molecule has 0 saturated heterocycles. The summed E-state index contributed by atoms with van der Waals surface area (Å²) in [7, 11) is -1.11. The number of hydrogen-bond donors (Lipinski definition) is 1. The molecule has 2 rings (SSSR count). The molecular weight excluding hydrogens is 399 g/mol. The van der Waals surface area contributed by atoms with Crippen LogP contribution in [0, 0.1) is 0 Å². The predicted octanol–water partition coefficient (Wildman–Crippen LogP) is 2.80. The fourth-order valence-electron chi connectivity index (χ4n) is 2.59. The molecular formula is C18H32N4O6P+. The molecule has 2 aromatic rings. The minimum Gasteiger partial charge on any atom is -0.362 e. The Morgan fingerprint density at radius 3 is 2.34 bits per heavy atom. The van der Waals surface area contributed by atoms with E-state index in [1.165, 1.54) is 30.8 Å². The van der Waals surface area contributed by atoms with Gasteiger partial charge in [0, 0.05) is 24.8 Å². The topological polar surface area (TPSA) is 118 Å². The molecule has 0 saturated carbocycles. The number of aryl methyl sites for hydroxylation is 1. The molecule has 0 aliphatic heterocycles. The molecule has 0 amide bonds. The third-order valence-corrected chi connectivity index (χ3v) is 4.87. The number of hydrogen-bond acceptors (Lipinski definition) is 6. The molecule has 0 spiro atoms. The first-order chi connectivity index (χ1) is 13.8. The Labute approximate surface area is 171 Å². The van der Waals surface area contributed by atoms with Crippen LogP contribution in [0.15, 0.2) is 15.9 Å². The zero-order chi connectivity index (χ0) is 22.0. The quantitative estimate of drug-likeness (QED) is 0.454. The fourth-order valence-corrected chi connectivity index (χ4v) is 2.88. The summed E-state index contributed by atoms with van der Waals surface area (Å²) in [4.78, 5) is 38.2. The van der Waals surface area contributed by atoms with Crippen LogP contribution in [0.4, 0.5) is 0 Å². The van der Waals surface area contributed by atoms with Gasteiger partial charge in [0.15, 0.2) is 11.2 Å². The predicted molar refractivity (Wildman–Crippen MR) is 111 cm³/mol. The Hall–Kier alpha value is -1.87. The van der Waals surface area contributed by atoms with Gasteiger partial charge in [-0.1, -0.05) is 26.7 Å². The van der Waals surface area contributed by atoms with Gasteiger partial charge < -0.3 is 4.74 Å². The van der Waals surface area contributed by atoms with Gasteiger partial charge in [-0.3, -0.25) is 18.5 Å². The monoisotopic (exact) mass is 431 g/mol. The number of nitrogens with zero attached hydrogens (tertiary/aromatic N) is 4. The van der Waals surface area contributed by atoms with E-state index in [0.717, 1.165) is 4.57 Å². The highest BCUT2D eigenvalue weighted by Gasteiger charge is 2.19. The number of rotatable bonds is 10. The molecule has 0 radical (unpaired) electrons. The highest BCUT2D eigenvalue weighted by Crippen LogP contribution is 2.15. The van der Waals surface area contributed by atoms with E-state index in [1.807, 2.05) is 0 Å². The van der Waals surface area contributed by atoms with E-state index >= 15 is 0 Å². The molecule has 11 heteroatoms. The van der Waals surface area contributed by atoms with E-state index in [-0.39, 0.29) is 13.2 Å². The number of methoxy groups -OCH3 is 1. The number of imidazole rings is 1. The van der Waals surface area contributed by atoms with Crippen molar-refractivity contribution in [1.82, 2.24) is 18.7 Å². The van der Waals surface area contributed by atoms with Gasteiger partial charge in [0.05, 0.1) is 6.33 Å². The second-order valence-corrected chi connectivity index (χ2v) is 7.15. The largest absolute Gasteiger partial charge is 0.694 e.